The van der Waals surface area contributed by atoms with Gasteiger partial charge < -0.3 is 14.6 Å². The van der Waals surface area contributed by atoms with Crippen molar-refractivity contribution in [3.8, 4) is 11.5 Å². The zero-order valence-corrected chi connectivity index (χ0v) is 12.8. The Bertz CT molecular complexity index is 576. The van der Waals surface area contributed by atoms with Gasteiger partial charge in [-0.15, -0.1) is 0 Å². The zero-order valence-electron chi connectivity index (χ0n) is 12.8. The van der Waals surface area contributed by atoms with Crippen LogP contribution in [0, 0.1) is 6.92 Å². The first-order valence-electron chi connectivity index (χ1n) is 7.29. The minimum Gasteiger partial charge on any atom is -0.494 e. The minimum atomic E-state index is -0.706. The third kappa shape index (κ3) is 3.76. The molecule has 2 aromatic rings. The Kier molecular flexibility index (Phi) is 5.23. The van der Waals surface area contributed by atoms with E-state index >= 15 is 0 Å². The average Bonchev–Trinajstić information content (AvgIpc) is 2.50. The van der Waals surface area contributed by atoms with E-state index in [0.717, 1.165) is 28.2 Å². The van der Waals surface area contributed by atoms with Crippen molar-refractivity contribution >= 4 is 0 Å². The number of ether oxygens (including phenoxy) is 2. The fraction of sp³-hybridized carbons (Fsp3) is 0.333. The summed E-state index contributed by atoms with van der Waals surface area (Å²) in [6, 6.07) is 13.4. The minimum absolute atomic E-state index is 0.575. The van der Waals surface area contributed by atoms with Crippen LogP contribution in [0.5, 0.6) is 11.5 Å². The molecular weight excluding hydrogens is 264 g/mol. The molecule has 3 heteroatoms. The fourth-order valence-corrected chi connectivity index (χ4v) is 2.26. The first-order valence-corrected chi connectivity index (χ1v) is 7.29. The molecule has 0 amide bonds. The molecule has 0 heterocycles. The van der Waals surface area contributed by atoms with Crippen LogP contribution in [0.2, 0.25) is 0 Å². The van der Waals surface area contributed by atoms with Crippen LogP contribution < -0.4 is 9.47 Å². The summed E-state index contributed by atoms with van der Waals surface area (Å²) in [5.41, 5.74) is 2.71. The number of rotatable bonds is 6. The van der Waals surface area contributed by atoms with Gasteiger partial charge in [-0.25, -0.2) is 0 Å². The summed E-state index contributed by atoms with van der Waals surface area (Å²) in [5, 5.41) is 10.6. The molecule has 0 aliphatic carbocycles. The van der Waals surface area contributed by atoms with Gasteiger partial charge in [0, 0.05) is 5.56 Å². The molecule has 0 radical (unpaired) electrons. The number of aryl methyl sites for hydroxylation is 1. The summed E-state index contributed by atoms with van der Waals surface area (Å²) < 4.78 is 11.0. The maximum Gasteiger partial charge on any atom is 0.125 e. The summed E-state index contributed by atoms with van der Waals surface area (Å²) in [6.45, 7) is 7.10. The van der Waals surface area contributed by atoms with E-state index in [2.05, 4.69) is 0 Å². The highest BCUT2D eigenvalue weighted by molar-refractivity contribution is 5.43. The molecule has 1 unspecified atom stereocenters. The maximum atomic E-state index is 10.6. The Morgan fingerprint density at radius 1 is 0.952 bits per heavy atom. The van der Waals surface area contributed by atoms with Crippen LogP contribution in [0.15, 0.2) is 42.5 Å². The van der Waals surface area contributed by atoms with E-state index in [9.17, 15) is 5.11 Å². The van der Waals surface area contributed by atoms with Crippen molar-refractivity contribution in [2.24, 2.45) is 0 Å². The number of aliphatic hydroxyl groups is 1. The SMILES string of the molecule is CCOc1ccc(C(O)c2cc(C)ccc2OCC)cc1. The summed E-state index contributed by atoms with van der Waals surface area (Å²) in [5.74, 6) is 1.53. The molecule has 21 heavy (non-hydrogen) atoms. The van der Waals surface area contributed by atoms with E-state index < -0.39 is 6.10 Å². The van der Waals surface area contributed by atoms with E-state index in [1.165, 1.54) is 0 Å². The molecule has 0 spiro atoms. The number of aliphatic hydroxyl groups excluding tert-OH is 1. The Labute approximate surface area is 126 Å². The van der Waals surface area contributed by atoms with Crippen molar-refractivity contribution in [3.05, 3.63) is 59.2 Å². The maximum absolute atomic E-state index is 10.6. The lowest BCUT2D eigenvalue weighted by atomic mass is 9.99. The molecule has 0 saturated heterocycles. The van der Waals surface area contributed by atoms with Crippen molar-refractivity contribution in [2.45, 2.75) is 26.9 Å². The van der Waals surface area contributed by atoms with Crippen molar-refractivity contribution < 1.29 is 14.6 Å². The van der Waals surface area contributed by atoms with E-state index in [1.807, 2.05) is 63.2 Å². The second kappa shape index (κ2) is 7.14. The van der Waals surface area contributed by atoms with E-state index in [4.69, 9.17) is 9.47 Å². The highest BCUT2D eigenvalue weighted by Crippen LogP contribution is 2.31. The summed E-state index contributed by atoms with van der Waals surface area (Å²) in [4.78, 5) is 0. The molecule has 0 fully saturated rings. The smallest absolute Gasteiger partial charge is 0.125 e. The average molecular weight is 286 g/mol. The normalized spacial score (nSPS) is 12.0. The van der Waals surface area contributed by atoms with Crippen LogP contribution in [0.4, 0.5) is 0 Å². The molecule has 0 aliphatic heterocycles. The van der Waals surface area contributed by atoms with Gasteiger partial charge >= 0.3 is 0 Å². The Hall–Kier alpha value is -2.00. The predicted molar refractivity (Wildman–Crippen MR) is 84.0 cm³/mol. The predicted octanol–water partition coefficient (Wildman–Crippen LogP) is 3.87. The van der Waals surface area contributed by atoms with Gasteiger partial charge in [-0.2, -0.15) is 0 Å². The largest absolute Gasteiger partial charge is 0.494 e. The first kappa shape index (κ1) is 15.4. The Balaban J connectivity index is 2.30. The molecule has 112 valence electrons. The molecule has 0 saturated carbocycles. The van der Waals surface area contributed by atoms with Gasteiger partial charge in [0.05, 0.1) is 13.2 Å². The quantitative estimate of drug-likeness (QED) is 0.876. The first-order chi connectivity index (χ1) is 10.2. The van der Waals surface area contributed by atoms with Crippen LogP contribution in [0.25, 0.3) is 0 Å². The van der Waals surface area contributed by atoms with Gasteiger partial charge in [-0.3, -0.25) is 0 Å². The summed E-state index contributed by atoms with van der Waals surface area (Å²) >= 11 is 0. The number of hydrogen-bond donors (Lipinski definition) is 1. The standard InChI is InChI=1S/C18H22O3/c1-4-20-15-9-7-14(8-10-15)18(19)16-12-13(3)6-11-17(16)21-5-2/h6-12,18-19H,4-5H2,1-3H3. The van der Waals surface area contributed by atoms with Crippen LogP contribution >= 0.6 is 0 Å². The van der Waals surface area contributed by atoms with Gasteiger partial charge in [-0.1, -0.05) is 23.8 Å². The van der Waals surface area contributed by atoms with Gasteiger partial charge in [0.15, 0.2) is 0 Å². The van der Waals surface area contributed by atoms with Crippen molar-refractivity contribution in [1.82, 2.24) is 0 Å². The monoisotopic (exact) mass is 286 g/mol. The molecule has 2 rings (SSSR count). The van der Waals surface area contributed by atoms with Crippen molar-refractivity contribution in [1.29, 1.82) is 0 Å². The van der Waals surface area contributed by atoms with Crippen LogP contribution in [-0.4, -0.2) is 18.3 Å². The molecule has 1 atom stereocenters. The molecule has 2 aromatic carbocycles. The van der Waals surface area contributed by atoms with E-state index in [0.29, 0.717) is 13.2 Å². The molecule has 0 aromatic heterocycles. The lowest BCUT2D eigenvalue weighted by Crippen LogP contribution is -2.04. The molecular formula is C18H22O3. The van der Waals surface area contributed by atoms with E-state index in [-0.39, 0.29) is 0 Å². The van der Waals surface area contributed by atoms with Crippen LogP contribution in [-0.2, 0) is 0 Å². The number of hydrogen-bond acceptors (Lipinski definition) is 3. The molecule has 1 N–H and O–H groups in total. The highest BCUT2D eigenvalue weighted by Gasteiger charge is 2.16. The van der Waals surface area contributed by atoms with Gasteiger partial charge in [0.2, 0.25) is 0 Å². The van der Waals surface area contributed by atoms with Crippen molar-refractivity contribution in [2.75, 3.05) is 13.2 Å². The molecule has 3 nitrogen and oxygen atoms in total. The summed E-state index contributed by atoms with van der Waals surface area (Å²) in [7, 11) is 0. The van der Waals surface area contributed by atoms with Gasteiger partial charge in [0.25, 0.3) is 0 Å². The topological polar surface area (TPSA) is 38.7 Å². The Morgan fingerprint density at radius 3 is 2.24 bits per heavy atom. The number of benzene rings is 2. The van der Waals surface area contributed by atoms with Crippen LogP contribution in [0.1, 0.15) is 36.6 Å². The van der Waals surface area contributed by atoms with Crippen LogP contribution in [0.3, 0.4) is 0 Å². The van der Waals surface area contributed by atoms with Gasteiger partial charge in [0.1, 0.15) is 17.6 Å². The second-order valence-corrected chi connectivity index (χ2v) is 4.88. The third-order valence-electron chi connectivity index (χ3n) is 3.27. The fourth-order valence-electron chi connectivity index (χ4n) is 2.26. The molecule has 0 aliphatic rings. The summed E-state index contributed by atoms with van der Waals surface area (Å²) in [6.07, 6.45) is -0.706. The lowest BCUT2D eigenvalue weighted by molar-refractivity contribution is 0.211. The Morgan fingerprint density at radius 2 is 1.62 bits per heavy atom. The molecule has 0 bridgehead atoms. The highest BCUT2D eigenvalue weighted by atomic mass is 16.5. The van der Waals surface area contributed by atoms with Gasteiger partial charge in [-0.05, 0) is 50.6 Å². The van der Waals surface area contributed by atoms with E-state index in [1.54, 1.807) is 0 Å². The van der Waals surface area contributed by atoms with Crippen molar-refractivity contribution in [3.63, 3.8) is 0 Å². The zero-order chi connectivity index (χ0) is 15.2. The third-order valence-corrected chi connectivity index (χ3v) is 3.27. The lowest BCUT2D eigenvalue weighted by Gasteiger charge is -2.17. The second-order valence-electron chi connectivity index (χ2n) is 4.88.